The summed E-state index contributed by atoms with van der Waals surface area (Å²) < 4.78 is 0. The minimum Gasteiger partial charge on any atom is -0.219 e. The van der Waals surface area contributed by atoms with Crippen molar-refractivity contribution in [2.24, 2.45) is 0 Å². The van der Waals surface area contributed by atoms with Crippen molar-refractivity contribution >= 4 is 0 Å². The maximum atomic E-state index is 4.88. The van der Waals surface area contributed by atoms with E-state index in [2.05, 4.69) is 29.9 Å². The molecule has 6 aromatic rings. The van der Waals surface area contributed by atoms with E-state index < -0.39 is 0 Å². The molecule has 0 aliphatic carbocycles. The lowest BCUT2D eigenvalue weighted by Gasteiger charge is -2.10. The first-order valence-corrected chi connectivity index (χ1v) is 12.8. The molecule has 0 aliphatic rings. The van der Waals surface area contributed by atoms with Crippen molar-refractivity contribution in [1.29, 1.82) is 0 Å². The van der Waals surface area contributed by atoms with Crippen LogP contribution in [0.1, 0.15) is 23.3 Å². The lowest BCUT2D eigenvalue weighted by molar-refractivity contribution is 0.928. The summed E-state index contributed by atoms with van der Waals surface area (Å²) >= 11 is 0. The first-order valence-electron chi connectivity index (χ1n) is 12.8. The Morgan fingerprint density at radius 2 is 0.625 bits per heavy atom. The maximum Gasteiger partial charge on any atom is 0.164 e. The first kappa shape index (κ1) is 25.0. The Bertz CT molecular complexity index is 1790. The monoisotopic (exact) mass is 523 g/mol. The quantitative estimate of drug-likeness (QED) is 0.276. The summed E-state index contributed by atoms with van der Waals surface area (Å²) in [6.45, 7) is 7.45. The zero-order valence-electron chi connectivity index (χ0n) is 22.5. The van der Waals surface area contributed by atoms with Gasteiger partial charge >= 0.3 is 0 Å². The van der Waals surface area contributed by atoms with Gasteiger partial charge in [0, 0.05) is 27.8 Å². The fourth-order valence-electron chi connectivity index (χ4n) is 4.41. The average Bonchev–Trinajstić information content (AvgIpc) is 2.96. The molecule has 0 saturated carbocycles. The van der Waals surface area contributed by atoms with Gasteiger partial charge in [0.1, 0.15) is 23.3 Å². The van der Waals surface area contributed by atoms with Gasteiger partial charge in [-0.05, 0) is 33.8 Å². The van der Waals surface area contributed by atoms with E-state index in [4.69, 9.17) is 15.0 Å². The third-order valence-electron chi connectivity index (χ3n) is 6.17. The number of benzene rings is 3. The molecule has 3 aromatic heterocycles. The molecule has 3 heterocycles. The lowest BCUT2D eigenvalue weighted by Crippen LogP contribution is -2.01. The van der Waals surface area contributed by atoms with Crippen LogP contribution in [-0.4, -0.2) is 44.9 Å². The molecule has 0 radical (unpaired) electrons. The number of rotatable bonds is 5. The van der Waals surface area contributed by atoms with E-state index in [1.807, 2.05) is 107 Å². The maximum absolute atomic E-state index is 4.88. The van der Waals surface area contributed by atoms with Gasteiger partial charge in [-0.3, -0.25) is 0 Å². The van der Waals surface area contributed by atoms with E-state index in [0.717, 1.165) is 27.8 Å². The Morgan fingerprint density at radius 1 is 0.300 bits per heavy atom. The number of hydrogen-bond acceptors (Lipinski definition) is 9. The van der Waals surface area contributed by atoms with Crippen LogP contribution in [0.5, 0.6) is 0 Å². The van der Waals surface area contributed by atoms with Crippen LogP contribution in [0.2, 0.25) is 0 Å². The van der Waals surface area contributed by atoms with Crippen LogP contribution in [0.15, 0.2) is 78.9 Å². The lowest BCUT2D eigenvalue weighted by atomic mass is 10.1. The second kappa shape index (κ2) is 10.5. The summed E-state index contributed by atoms with van der Waals surface area (Å²) in [4.78, 5) is 41.2. The van der Waals surface area contributed by atoms with Gasteiger partial charge < -0.3 is 0 Å². The molecule has 3 aromatic carbocycles. The van der Waals surface area contributed by atoms with E-state index in [1.54, 1.807) is 0 Å². The molecular weight excluding hydrogens is 498 g/mol. The van der Waals surface area contributed by atoms with Crippen LogP contribution in [-0.2, 0) is 0 Å². The van der Waals surface area contributed by atoms with Crippen molar-refractivity contribution in [3.63, 3.8) is 0 Å². The molecule has 0 unspecified atom stereocenters. The number of hydrogen-bond donors (Lipinski definition) is 0. The van der Waals surface area contributed by atoms with Gasteiger partial charge in [0.15, 0.2) is 29.1 Å². The van der Waals surface area contributed by atoms with Crippen LogP contribution in [0.3, 0.4) is 0 Å². The zero-order chi connectivity index (χ0) is 27.6. The van der Waals surface area contributed by atoms with Crippen molar-refractivity contribution in [3.05, 3.63) is 102 Å². The molecule has 6 rings (SSSR count). The molecule has 0 bridgehead atoms. The smallest absolute Gasteiger partial charge is 0.164 e. The average molecular weight is 524 g/mol. The molecule has 0 N–H and O–H groups in total. The Balaban J connectivity index is 1.44. The number of nitrogens with zero attached hydrogens (tertiary/aromatic N) is 9. The SMILES string of the molecule is Cc1nc(C)nc(-c2ccc(-c3nc(-c4ccccc4)nc(-c4cccc(-c5nc(C)nc(C)n5)c4)n3)cc2)n1. The van der Waals surface area contributed by atoms with Gasteiger partial charge in [-0.15, -0.1) is 0 Å². The van der Waals surface area contributed by atoms with Gasteiger partial charge in [0.25, 0.3) is 0 Å². The van der Waals surface area contributed by atoms with Crippen molar-refractivity contribution in [1.82, 2.24) is 44.9 Å². The molecular formula is C31H25N9. The third kappa shape index (κ3) is 5.30. The molecule has 0 fully saturated rings. The summed E-state index contributed by atoms with van der Waals surface area (Å²) in [6.07, 6.45) is 0. The van der Waals surface area contributed by atoms with Crippen LogP contribution in [0, 0.1) is 27.7 Å². The molecule has 0 saturated heterocycles. The molecule has 0 spiro atoms. The molecule has 0 aliphatic heterocycles. The van der Waals surface area contributed by atoms with Gasteiger partial charge in [0.05, 0.1) is 0 Å². The fraction of sp³-hybridized carbons (Fsp3) is 0.129. The van der Waals surface area contributed by atoms with E-state index in [9.17, 15) is 0 Å². The minimum absolute atomic E-state index is 0.556. The number of aromatic nitrogens is 9. The number of aryl methyl sites for hydroxylation is 4. The van der Waals surface area contributed by atoms with Crippen molar-refractivity contribution in [2.45, 2.75) is 27.7 Å². The molecule has 0 atom stereocenters. The van der Waals surface area contributed by atoms with Crippen LogP contribution >= 0.6 is 0 Å². The summed E-state index contributed by atoms with van der Waals surface area (Å²) in [6, 6.07) is 25.7. The zero-order valence-corrected chi connectivity index (χ0v) is 22.5. The second-order valence-electron chi connectivity index (χ2n) is 9.34. The molecule has 9 heteroatoms. The van der Waals surface area contributed by atoms with Gasteiger partial charge in [-0.2, -0.15) is 0 Å². The predicted molar refractivity (Wildman–Crippen MR) is 153 cm³/mol. The predicted octanol–water partition coefficient (Wildman–Crippen LogP) is 5.81. The minimum atomic E-state index is 0.556. The molecule has 194 valence electrons. The highest BCUT2D eigenvalue weighted by atomic mass is 15.0. The van der Waals surface area contributed by atoms with Crippen molar-refractivity contribution in [2.75, 3.05) is 0 Å². The van der Waals surface area contributed by atoms with E-state index >= 15 is 0 Å². The molecule has 40 heavy (non-hydrogen) atoms. The Labute approximate surface area is 231 Å². The van der Waals surface area contributed by atoms with Crippen LogP contribution in [0.25, 0.3) is 56.9 Å². The van der Waals surface area contributed by atoms with Crippen LogP contribution < -0.4 is 0 Å². The normalized spacial score (nSPS) is 11.0. The van der Waals surface area contributed by atoms with Crippen molar-refractivity contribution < 1.29 is 0 Å². The third-order valence-corrected chi connectivity index (χ3v) is 6.17. The van der Waals surface area contributed by atoms with E-state index in [1.165, 1.54) is 0 Å². The largest absolute Gasteiger partial charge is 0.219 e. The highest BCUT2D eigenvalue weighted by molar-refractivity contribution is 5.71. The van der Waals surface area contributed by atoms with Gasteiger partial charge in [-0.25, -0.2) is 44.9 Å². The van der Waals surface area contributed by atoms with Crippen LogP contribution in [0.4, 0.5) is 0 Å². The Morgan fingerprint density at radius 3 is 1.07 bits per heavy atom. The highest BCUT2D eigenvalue weighted by Gasteiger charge is 2.14. The Hall–Kier alpha value is -5.31. The highest BCUT2D eigenvalue weighted by Crippen LogP contribution is 2.28. The summed E-state index contributed by atoms with van der Waals surface area (Å²) in [7, 11) is 0. The first-order chi connectivity index (χ1) is 19.4. The van der Waals surface area contributed by atoms with E-state index in [0.29, 0.717) is 52.4 Å². The summed E-state index contributed by atoms with van der Waals surface area (Å²) in [5, 5.41) is 0. The molecule has 9 nitrogen and oxygen atoms in total. The van der Waals surface area contributed by atoms with Gasteiger partial charge in [-0.1, -0.05) is 72.8 Å². The standard InChI is InChI=1S/C31H25N9/c1-18-32-19(2)35-27(34-18)23-13-15-24(16-14-23)29-38-28(22-9-6-5-7-10-22)39-31(40-29)26-12-8-11-25(17-26)30-36-20(3)33-21(4)37-30/h5-17H,1-4H3. The van der Waals surface area contributed by atoms with Gasteiger partial charge in [0.2, 0.25) is 0 Å². The van der Waals surface area contributed by atoms with E-state index in [-0.39, 0.29) is 0 Å². The Kier molecular flexibility index (Phi) is 6.53. The summed E-state index contributed by atoms with van der Waals surface area (Å²) in [5.74, 6) is 5.68. The van der Waals surface area contributed by atoms with Crippen molar-refractivity contribution in [3.8, 4) is 56.9 Å². The second-order valence-corrected chi connectivity index (χ2v) is 9.34. The topological polar surface area (TPSA) is 116 Å². The molecule has 0 amide bonds. The summed E-state index contributed by atoms with van der Waals surface area (Å²) in [5.41, 5.74) is 4.35. The fourth-order valence-corrected chi connectivity index (χ4v) is 4.41.